The van der Waals surface area contributed by atoms with Crippen LogP contribution < -0.4 is 5.32 Å². The summed E-state index contributed by atoms with van der Waals surface area (Å²) in [4.78, 5) is 0. The zero-order valence-electron chi connectivity index (χ0n) is 14.2. The Hall–Kier alpha value is -0.120. The van der Waals surface area contributed by atoms with Gasteiger partial charge in [0, 0.05) is 12.6 Å². The fraction of sp³-hybridized carbons (Fsp3) is 1.00. The molecule has 124 valence electrons. The van der Waals surface area contributed by atoms with Crippen LogP contribution in [0.1, 0.15) is 65.7 Å². The lowest BCUT2D eigenvalue weighted by molar-refractivity contribution is -0.0460. The average molecular weight is 297 g/mol. The van der Waals surface area contributed by atoms with Gasteiger partial charge in [-0.2, -0.15) is 0 Å². The van der Waals surface area contributed by atoms with Gasteiger partial charge in [0.15, 0.2) is 0 Å². The molecule has 2 saturated carbocycles. The smallest absolute Gasteiger partial charge is 0.0897 e. The molecule has 0 radical (unpaired) electrons. The van der Waals surface area contributed by atoms with Crippen LogP contribution in [-0.2, 0) is 4.74 Å². The molecule has 0 spiro atoms. The maximum atomic E-state index is 10.1. The number of hydrogen-bond acceptors (Lipinski definition) is 3. The molecule has 2 N–H and O–H groups in total. The molecule has 0 aromatic carbocycles. The summed E-state index contributed by atoms with van der Waals surface area (Å²) in [5.41, 5.74) is 0. The number of nitrogens with one attached hydrogen (secondary N) is 1. The highest BCUT2D eigenvalue weighted by Crippen LogP contribution is 2.29. The van der Waals surface area contributed by atoms with Gasteiger partial charge in [-0.25, -0.2) is 0 Å². The zero-order chi connectivity index (χ0) is 15.2. The van der Waals surface area contributed by atoms with Crippen molar-refractivity contribution in [3.8, 4) is 0 Å². The lowest BCUT2D eigenvalue weighted by Gasteiger charge is -2.33. The molecule has 6 atom stereocenters. The Bertz CT molecular complexity index is 297. The summed E-state index contributed by atoms with van der Waals surface area (Å²) < 4.78 is 5.95. The van der Waals surface area contributed by atoms with E-state index in [1.165, 1.54) is 44.9 Å². The van der Waals surface area contributed by atoms with Crippen LogP contribution in [0.4, 0.5) is 0 Å². The summed E-state index contributed by atoms with van der Waals surface area (Å²) in [6.45, 7) is 8.14. The molecule has 2 aliphatic carbocycles. The number of rotatable bonds is 6. The minimum atomic E-state index is -0.367. The molecule has 0 amide bonds. The van der Waals surface area contributed by atoms with Crippen molar-refractivity contribution in [3.63, 3.8) is 0 Å². The van der Waals surface area contributed by atoms with Crippen LogP contribution in [0.5, 0.6) is 0 Å². The molecule has 21 heavy (non-hydrogen) atoms. The van der Waals surface area contributed by atoms with Gasteiger partial charge in [-0.15, -0.1) is 0 Å². The van der Waals surface area contributed by atoms with Crippen LogP contribution in [0.2, 0.25) is 0 Å². The van der Waals surface area contributed by atoms with Gasteiger partial charge in [-0.05, 0) is 49.9 Å². The molecule has 0 heterocycles. The van der Waals surface area contributed by atoms with Gasteiger partial charge in [0.25, 0.3) is 0 Å². The summed E-state index contributed by atoms with van der Waals surface area (Å²) in [6.07, 6.45) is 8.86. The van der Waals surface area contributed by atoms with Crippen molar-refractivity contribution >= 4 is 0 Å². The third kappa shape index (κ3) is 5.54. The second-order valence-electron chi connectivity index (χ2n) is 7.66. The predicted octanol–water partition coefficient (Wildman–Crippen LogP) is 3.36. The number of aliphatic hydroxyl groups is 1. The van der Waals surface area contributed by atoms with E-state index >= 15 is 0 Å². The van der Waals surface area contributed by atoms with Gasteiger partial charge in [-0.3, -0.25) is 0 Å². The van der Waals surface area contributed by atoms with Crippen molar-refractivity contribution in [2.45, 2.75) is 84.0 Å². The molecule has 0 bridgehead atoms. The van der Waals surface area contributed by atoms with Crippen molar-refractivity contribution in [2.75, 3.05) is 13.2 Å². The molecular weight excluding hydrogens is 262 g/mol. The van der Waals surface area contributed by atoms with Crippen LogP contribution in [0.25, 0.3) is 0 Å². The van der Waals surface area contributed by atoms with Crippen LogP contribution in [0.15, 0.2) is 0 Å². The maximum absolute atomic E-state index is 10.1. The summed E-state index contributed by atoms with van der Waals surface area (Å²) in [6, 6.07) is 0.583. The summed E-state index contributed by atoms with van der Waals surface area (Å²) >= 11 is 0. The van der Waals surface area contributed by atoms with Gasteiger partial charge in [0.05, 0.1) is 18.8 Å². The number of hydrogen-bond donors (Lipinski definition) is 2. The molecule has 0 aromatic rings. The topological polar surface area (TPSA) is 41.5 Å². The maximum Gasteiger partial charge on any atom is 0.0897 e. The molecule has 2 rings (SSSR count). The lowest BCUT2D eigenvalue weighted by atomic mass is 9.79. The van der Waals surface area contributed by atoms with Gasteiger partial charge in [-0.1, -0.05) is 33.6 Å². The lowest BCUT2D eigenvalue weighted by Crippen LogP contribution is -2.42. The van der Waals surface area contributed by atoms with Crippen LogP contribution in [-0.4, -0.2) is 36.5 Å². The second-order valence-corrected chi connectivity index (χ2v) is 7.66. The summed E-state index contributed by atoms with van der Waals surface area (Å²) in [5.74, 6) is 2.30. The van der Waals surface area contributed by atoms with E-state index in [0.717, 1.165) is 11.8 Å². The van der Waals surface area contributed by atoms with E-state index in [1.807, 2.05) is 0 Å². The summed E-state index contributed by atoms with van der Waals surface area (Å²) in [7, 11) is 0. The summed E-state index contributed by atoms with van der Waals surface area (Å²) in [5, 5.41) is 13.7. The van der Waals surface area contributed by atoms with Crippen LogP contribution >= 0.6 is 0 Å². The first kappa shape index (κ1) is 17.2. The molecule has 3 heteroatoms. The van der Waals surface area contributed by atoms with E-state index in [2.05, 4.69) is 26.1 Å². The quantitative estimate of drug-likeness (QED) is 0.790. The Labute approximate surface area is 130 Å². The molecule has 0 aliphatic heterocycles. The van der Waals surface area contributed by atoms with E-state index in [-0.39, 0.29) is 6.10 Å². The molecule has 0 aromatic heterocycles. The minimum Gasteiger partial charge on any atom is -0.389 e. The van der Waals surface area contributed by atoms with E-state index in [9.17, 15) is 5.11 Å². The third-order valence-electron chi connectivity index (χ3n) is 5.78. The number of ether oxygens (including phenoxy) is 1. The van der Waals surface area contributed by atoms with E-state index in [0.29, 0.717) is 31.2 Å². The van der Waals surface area contributed by atoms with E-state index in [4.69, 9.17) is 4.74 Å². The monoisotopic (exact) mass is 297 g/mol. The minimum absolute atomic E-state index is 0.365. The van der Waals surface area contributed by atoms with Crippen molar-refractivity contribution < 1.29 is 9.84 Å². The van der Waals surface area contributed by atoms with Crippen molar-refractivity contribution in [1.29, 1.82) is 0 Å². The third-order valence-corrected chi connectivity index (χ3v) is 5.78. The van der Waals surface area contributed by atoms with Gasteiger partial charge in [0.2, 0.25) is 0 Å². The normalized spacial score (nSPS) is 39.1. The first-order chi connectivity index (χ1) is 10.1. The number of aliphatic hydroxyl groups excluding tert-OH is 1. The second kappa shape index (κ2) is 8.50. The van der Waals surface area contributed by atoms with Gasteiger partial charge < -0.3 is 15.2 Å². The average Bonchev–Trinajstić information content (AvgIpc) is 2.47. The molecule has 2 fully saturated rings. The zero-order valence-corrected chi connectivity index (χ0v) is 14.2. The fourth-order valence-corrected chi connectivity index (χ4v) is 3.86. The highest BCUT2D eigenvalue weighted by Gasteiger charge is 2.25. The van der Waals surface area contributed by atoms with Gasteiger partial charge in [0.1, 0.15) is 0 Å². The first-order valence-electron chi connectivity index (χ1n) is 9.09. The largest absolute Gasteiger partial charge is 0.389 e. The van der Waals surface area contributed by atoms with E-state index < -0.39 is 0 Å². The molecule has 2 aliphatic rings. The molecule has 3 nitrogen and oxygen atoms in total. The molecule has 6 unspecified atom stereocenters. The Kier molecular flexibility index (Phi) is 6.97. The van der Waals surface area contributed by atoms with Crippen molar-refractivity contribution in [1.82, 2.24) is 5.32 Å². The SMILES string of the molecule is CC1CCC(NCC(O)COC2CCCCC2C)CC1C. The molecule has 0 saturated heterocycles. The Balaban J connectivity index is 1.60. The van der Waals surface area contributed by atoms with Crippen LogP contribution in [0.3, 0.4) is 0 Å². The van der Waals surface area contributed by atoms with E-state index in [1.54, 1.807) is 0 Å². The standard InChI is InChI=1S/C18H35NO2/c1-13-8-9-16(10-15(13)3)19-11-17(20)12-21-18-7-5-4-6-14(18)2/h13-20H,4-12H2,1-3H3. The Morgan fingerprint density at radius 2 is 1.76 bits per heavy atom. The fourth-order valence-electron chi connectivity index (χ4n) is 3.86. The molecular formula is C18H35NO2. The first-order valence-corrected chi connectivity index (χ1v) is 9.09. The Morgan fingerprint density at radius 3 is 2.48 bits per heavy atom. The van der Waals surface area contributed by atoms with Crippen molar-refractivity contribution in [2.24, 2.45) is 17.8 Å². The van der Waals surface area contributed by atoms with Gasteiger partial charge >= 0.3 is 0 Å². The van der Waals surface area contributed by atoms with Crippen LogP contribution in [0, 0.1) is 17.8 Å². The highest BCUT2D eigenvalue weighted by atomic mass is 16.5. The van der Waals surface area contributed by atoms with Crippen molar-refractivity contribution in [3.05, 3.63) is 0 Å². The highest BCUT2D eigenvalue weighted by molar-refractivity contribution is 4.80. The predicted molar refractivity (Wildman–Crippen MR) is 87.3 cm³/mol. The Morgan fingerprint density at radius 1 is 1.00 bits per heavy atom.